The van der Waals surface area contributed by atoms with Crippen LogP contribution in [0.3, 0.4) is 0 Å². The highest BCUT2D eigenvalue weighted by Gasteiger charge is 2.11. The first-order valence-electron chi connectivity index (χ1n) is 8.23. The van der Waals surface area contributed by atoms with Crippen LogP contribution in [-0.2, 0) is 11.3 Å². The van der Waals surface area contributed by atoms with Crippen molar-refractivity contribution in [2.24, 2.45) is 0 Å². The Balaban J connectivity index is 1.74. The fraction of sp³-hybridized carbons (Fsp3) is 0.150. The van der Waals surface area contributed by atoms with E-state index in [9.17, 15) is 4.79 Å². The first kappa shape index (κ1) is 17.4. The maximum Gasteiger partial charge on any atom is 0.339 e. The van der Waals surface area contributed by atoms with Gasteiger partial charge in [0.05, 0.1) is 18.4 Å². The minimum absolute atomic E-state index is 0.403. The summed E-state index contributed by atoms with van der Waals surface area (Å²) in [6.07, 6.45) is 1.66. The van der Waals surface area contributed by atoms with E-state index in [0.717, 1.165) is 0 Å². The van der Waals surface area contributed by atoms with Crippen molar-refractivity contribution in [1.82, 2.24) is 9.97 Å². The van der Waals surface area contributed by atoms with Crippen LogP contribution in [0.25, 0.3) is 0 Å². The Kier molecular flexibility index (Phi) is 5.43. The van der Waals surface area contributed by atoms with Crippen LogP contribution in [0.2, 0.25) is 0 Å². The Morgan fingerprint density at radius 2 is 1.85 bits per heavy atom. The van der Waals surface area contributed by atoms with Gasteiger partial charge >= 0.3 is 5.97 Å². The van der Waals surface area contributed by atoms with Crippen LogP contribution in [0.15, 0.2) is 60.8 Å². The molecular weight excluding hydrogens is 328 g/mol. The molecule has 0 amide bonds. The number of nitrogens with one attached hydrogen (secondary N) is 2. The molecule has 0 atom stereocenters. The van der Waals surface area contributed by atoms with Crippen molar-refractivity contribution < 1.29 is 9.53 Å². The molecule has 0 bridgehead atoms. The van der Waals surface area contributed by atoms with Crippen LogP contribution >= 0.6 is 0 Å². The monoisotopic (exact) mass is 348 g/mol. The summed E-state index contributed by atoms with van der Waals surface area (Å²) in [6.45, 7) is 2.70. The van der Waals surface area contributed by atoms with E-state index < -0.39 is 5.97 Å². The number of aromatic nitrogens is 2. The zero-order valence-corrected chi connectivity index (χ0v) is 14.7. The van der Waals surface area contributed by atoms with Gasteiger partial charge in [0.2, 0.25) is 5.95 Å². The average Bonchev–Trinajstić information content (AvgIpc) is 2.67. The molecule has 0 radical (unpaired) electrons. The molecule has 0 aliphatic carbocycles. The number of aryl methyl sites for hydroxylation is 1. The first-order valence-corrected chi connectivity index (χ1v) is 8.23. The van der Waals surface area contributed by atoms with Crippen molar-refractivity contribution in [3.63, 3.8) is 0 Å². The molecule has 6 heteroatoms. The van der Waals surface area contributed by atoms with Crippen LogP contribution in [0.4, 0.5) is 17.5 Å². The number of nitrogens with zero attached hydrogens (tertiary/aromatic N) is 2. The number of ether oxygens (including phenoxy) is 1. The lowest BCUT2D eigenvalue weighted by Gasteiger charge is -2.11. The highest BCUT2D eigenvalue weighted by molar-refractivity contribution is 5.96. The molecule has 0 aliphatic rings. The summed E-state index contributed by atoms with van der Waals surface area (Å²) < 4.78 is 4.81. The third kappa shape index (κ3) is 4.16. The quantitative estimate of drug-likeness (QED) is 0.658. The summed E-state index contributed by atoms with van der Waals surface area (Å²) in [7, 11) is 1.36. The van der Waals surface area contributed by atoms with Crippen LogP contribution in [-0.4, -0.2) is 23.0 Å². The number of hydrogen-bond acceptors (Lipinski definition) is 6. The summed E-state index contributed by atoms with van der Waals surface area (Å²) >= 11 is 0. The number of carbonyl (C=O) groups excluding carboxylic acids is 1. The van der Waals surface area contributed by atoms with E-state index in [4.69, 9.17) is 4.74 Å². The molecule has 2 aromatic carbocycles. The molecule has 1 aromatic heterocycles. The molecule has 0 aliphatic heterocycles. The maximum absolute atomic E-state index is 11.9. The van der Waals surface area contributed by atoms with E-state index in [-0.39, 0.29) is 0 Å². The molecule has 132 valence electrons. The average molecular weight is 348 g/mol. The lowest BCUT2D eigenvalue weighted by molar-refractivity contribution is 0.0602. The van der Waals surface area contributed by atoms with Gasteiger partial charge in [0.1, 0.15) is 5.82 Å². The highest BCUT2D eigenvalue weighted by atomic mass is 16.5. The topological polar surface area (TPSA) is 76.1 Å². The number of anilines is 3. The summed E-state index contributed by atoms with van der Waals surface area (Å²) in [5, 5.41) is 6.37. The molecule has 2 N–H and O–H groups in total. The molecule has 0 saturated heterocycles. The van der Waals surface area contributed by atoms with E-state index in [1.54, 1.807) is 30.5 Å². The van der Waals surface area contributed by atoms with Crippen molar-refractivity contribution in [3.8, 4) is 0 Å². The van der Waals surface area contributed by atoms with Gasteiger partial charge in [0, 0.05) is 12.7 Å². The Hall–Kier alpha value is -3.41. The molecule has 3 rings (SSSR count). The molecular formula is C20H20N4O2. The van der Waals surface area contributed by atoms with Crippen molar-refractivity contribution in [1.29, 1.82) is 0 Å². The number of carbonyl (C=O) groups is 1. The normalized spacial score (nSPS) is 10.2. The van der Waals surface area contributed by atoms with Gasteiger partial charge in [0.15, 0.2) is 0 Å². The second-order valence-electron chi connectivity index (χ2n) is 5.71. The molecule has 0 saturated carbocycles. The molecule has 0 spiro atoms. The second kappa shape index (κ2) is 8.11. The number of hydrogen-bond donors (Lipinski definition) is 2. The fourth-order valence-corrected chi connectivity index (χ4v) is 2.51. The Morgan fingerprint density at radius 3 is 2.65 bits per heavy atom. The summed E-state index contributed by atoms with van der Waals surface area (Å²) in [4.78, 5) is 20.6. The van der Waals surface area contributed by atoms with Gasteiger partial charge in [-0.15, -0.1) is 0 Å². The van der Waals surface area contributed by atoms with Crippen molar-refractivity contribution >= 4 is 23.4 Å². The van der Waals surface area contributed by atoms with Gasteiger partial charge in [-0.05, 0) is 36.2 Å². The van der Waals surface area contributed by atoms with Gasteiger partial charge < -0.3 is 15.4 Å². The van der Waals surface area contributed by atoms with Gasteiger partial charge in [-0.3, -0.25) is 0 Å². The number of esters is 1. The zero-order chi connectivity index (χ0) is 18.4. The van der Waals surface area contributed by atoms with E-state index in [1.807, 2.05) is 18.2 Å². The Morgan fingerprint density at radius 1 is 1.08 bits per heavy atom. The van der Waals surface area contributed by atoms with E-state index >= 15 is 0 Å². The number of rotatable bonds is 6. The molecule has 6 nitrogen and oxygen atoms in total. The predicted molar refractivity (Wildman–Crippen MR) is 102 cm³/mol. The van der Waals surface area contributed by atoms with Gasteiger partial charge in [-0.25, -0.2) is 9.78 Å². The zero-order valence-electron chi connectivity index (χ0n) is 14.7. The van der Waals surface area contributed by atoms with E-state index in [0.29, 0.717) is 29.6 Å². The standard InChI is InChI=1S/C20H20N4O2/c1-14-7-3-4-8-15(14)13-22-20-21-12-11-18(24-20)23-17-10-6-5-9-16(17)19(25)26-2/h3-12H,13H2,1-2H3,(H2,21,22,23,24). The smallest absolute Gasteiger partial charge is 0.339 e. The molecule has 1 heterocycles. The summed E-state index contributed by atoms with van der Waals surface area (Å²) in [5.41, 5.74) is 3.47. The van der Waals surface area contributed by atoms with E-state index in [1.165, 1.54) is 18.2 Å². The highest BCUT2D eigenvalue weighted by Crippen LogP contribution is 2.21. The largest absolute Gasteiger partial charge is 0.465 e. The van der Waals surface area contributed by atoms with Crippen molar-refractivity contribution in [2.45, 2.75) is 13.5 Å². The summed E-state index contributed by atoms with van der Waals surface area (Å²) in [5.74, 6) is 0.692. The number of methoxy groups -OCH3 is 1. The third-order valence-corrected chi connectivity index (χ3v) is 3.95. The minimum Gasteiger partial charge on any atom is -0.465 e. The Labute approximate surface area is 152 Å². The Bertz CT molecular complexity index is 912. The van der Waals surface area contributed by atoms with E-state index in [2.05, 4.69) is 39.7 Å². The van der Waals surface area contributed by atoms with Crippen LogP contribution in [0, 0.1) is 6.92 Å². The number of benzene rings is 2. The summed E-state index contributed by atoms with van der Waals surface area (Å²) in [6, 6.07) is 17.0. The number of para-hydroxylation sites is 1. The van der Waals surface area contributed by atoms with Crippen LogP contribution < -0.4 is 10.6 Å². The molecule has 3 aromatic rings. The van der Waals surface area contributed by atoms with Gasteiger partial charge in [0.25, 0.3) is 0 Å². The first-order chi connectivity index (χ1) is 12.7. The molecule has 0 fully saturated rings. The lowest BCUT2D eigenvalue weighted by atomic mass is 10.1. The fourth-order valence-electron chi connectivity index (χ4n) is 2.51. The van der Waals surface area contributed by atoms with Crippen molar-refractivity contribution in [3.05, 3.63) is 77.5 Å². The second-order valence-corrected chi connectivity index (χ2v) is 5.71. The van der Waals surface area contributed by atoms with Crippen molar-refractivity contribution in [2.75, 3.05) is 17.7 Å². The van der Waals surface area contributed by atoms with Gasteiger partial charge in [-0.1, -0.05) is 36.4 Å². The van der Waals surface area contributed by atoms with Gasteiger partial charge in [-0.2, -0.15) is 4.98 Å². The van der Waals surface area contributed by atoms with Crippen LogP contribution in [0.1, 0.15) is 21.5 Å². The lowest BCUT2D eigenvalue weighted by Crippen LogP contribution is -2.08. The van der Waals surface area contributed by atoms with Crippen LogP contribution in [0.5, 0.6) is 0 Å². The third-order valence-electron chi connectivity index (χ3n) is 3.95. The minimum atomic E-state index is -0.403. The molecule has 26 heavy (non-hydrogen) atoms. The predicted octanol–water partition coefficient (Wildman–Crippen LogP) is 3.93. The molecule has 0 unspecified atom stereocenters. The maximum atomic E-state index is 11.9. The SMILES string of the molecule is COC(=O)c1ccccc1Nc1ccnc(NCc2ccccc2C)n1.